The van der Waals surface area contributed by atoms with Gasteiger partial charge in [0.05, 0.1) is 6.54 Å². The van der Waals surface area contributed by atoms with E-state index < -0.39 is 0 Å². The molecule has 7 heteroatoms. The van der Waals surface area contributed by atoms with Gasteiger partial charge in [0.2, 0.25) is 6.79 Å². The Hall–Kier alpha value is -1.99. The summed E-state index contributed by atoms with van der Waals surface area (Å²) in [4.78, 5) is 8.96. The lowest BCUT2D eigenvalue weighted by atomic mass is 10.3. The first-order valence-corrected chi connectivity index (χ1v) is 7.95. The van der Waals surface area contributed by atoms with E-state index in [1.165, 1.54) is 0 Å². The second-order valence-corrected chi connectivity index (χ2v) is 5.57. The Labute approximate surface area is 138 Å². The minimum atomic E-state index is 0.275. The Kier molecular flexibility index (Phi) is 6.49. The molecule has 0 aliphatic carbocycles. The van der Waals surface area contributed by atoms with Crippen molar-refractivity contribution in [2.75, 3.05) is 58.9 Å². The predicted octanol–water partition coefficient (Wildman–Crippen LogP) is 1.03. The van der Waals surface area contributed by atoms with Gasteiger partial charge in [-0.1, -0.05) is 0 Å². The maximum atomic E-state index is 5.61. The summed E-state index contributed by atoms with van der Waals surface area (Å²) in [7, 11) is 4.13. The number of ether oxygens (including phenoxy) is 2. The standard InChI is InChI=1S/C16H27N5O2/c1-4-21(10-9-20(2)3)16(18-8-7-17)19-13-5-6-14-15(11-13)23-12-22-14/h5-6,11H,4,7-10,12,17H2,1-3H3,(H,18,19). The Morgan fingerprint density at radius 1 is 1.26 bits per heavy atom. The number of hydrogen-bond donors (Lipinski definition) is 2. The van der Waals surface area contributed by atoms with Crippen LogP contribution in [0.15, 0.2) is 23.2 Å². The van der Waals surface area contributed by atoms with E-state index in [4.69, 9.17) is 15.2 Å². The summed E-state index contributed by atoms with van der Waals surface area (Å²) < 4.78 is 10.8. The third kappa shape index (κ3) is 5.01. The number of nitrogens with two attached hydrogens (primary N) is 1. The van der Waals surface area contributed by atoms with Gasteiger partial charge in [-0.2, -0.15) is 0 Å². The molecule has 0 unspecified atom stereocenters. The van der Waals surface area contributed by atoms with E-state index in [0.717, 1.165) is 42.8 Å². The van der Waals surface area contributed by atoms with Crippen LogP contribution >= 0.6 is 0 Å². The fraction of sp³-hybridized carbons (Fsp3) is 0.562. The number of nitrogens with one attached hydrogen (secondary N) is 1. The van der Waals surface area contributed by atoms with Crippen molar-refractivity contribution in [2.45, 2.75) is 6.92 Å². The fourth-order valence-electron chi connectivity index (χ4n) is 2.23. The molecular weight excluding hydrogens is 294 g/mol. The van der Waals surface area contributed by atoms with Gasteiger partial charge in [-0.25, -0.2) is 0 Å². The van der Waals surface area contributed by atoms with Gasteiger partial charge in [0.25, 0.3) is 0 Å². The van der Waals surface area contributed by atoms with Crippen molar-refractivity contribution in [1.29, 1.82) is 0 Å². The van der Waals surface area contributed by atoms with Gasteiger partial charge in [0.15, 0.2) is 17.5 Å². The van der Waals surface area contributed by atoms with Crippen LogP contribution in [0.4, 0.5) is 5.69 Å². The van der Waals surface area contributed by atoms with E-state index in [1.54, 1.807) is 0 Å². The van der Waals surface area contributed by atoms with Crippen LogP contribution in [0.2, 0.25) is 0 Å². The van der Waals surface area contributed by atoms with E-state index in [0.29, 0.717) is 13.1 Å². The van der Waals surface area contributed by atoms with Crippen LogP contribution in [0.3, 0.4) is 0 Å². The molecule has 1 aliphatic rings. The quantitative estimate of drug-likeness (QED) is 0.577. The molecule has 7 nitrogen and oxygen atoms in total. The highest BCUT2D eigenvalue weighted by atomic mass is 16.7. The van der Waals surface area contributed by atoms with Crippen LogP contribution in [0.1, 0.15) is 6.92 Å². The van der Waals surface area contributed by atoms with E-state index >= 15 is 0 Å². The minimum absolute atomic E-state index is 0.275. The highest BCUT2D eigenvalue weighted by Gasteiger charge is 2.15. The van der Waals surface area contributed by atoms with Crippen molar-refractivity contribution in [3.8, 4) is 11.5 Å². The number of guanidine groups is 1. The van der Waals surface area contributed by atoms with Crippen molar-refractivity contribution in [3.05, 3.63) is 18.2 Å². The third-order valence-electron chi connectivity index (χ3n) is 3.52. The molecule has 0 fully saturated rings. The third-order valence-corrected chi connectivity index (χ3v) is 3.52. The molecular formula is C16H27N5O2. The summed E-state index contributed by atoms with van der Waals surface area (Å²) in [6.07, 6.45) is 0. The SMILES string of the molecule is CCN(CCN(C)C)C(=NCCN)Nc1ccc2c(c1)OCO2. The van der Waals surface area contributed by atoms with Crippen molar-refractivity contribution >= 4 is 11.6 Å². The highest BCUT2D eigenvalue weighted by Crippen LogP contribution is 2.34. The van der Waals surface area contributed by atoms with Crippen LogP contribution in [-0.4, -0.2) is 69.4 Å². The molecule has 23 heavy (non-hydrogen) atoms. The molecule has 0 aromatic heterocycles. The van der Waals surface area contributed by atoms with Crippen LogP contribution in [-0.2, 0) is 0 Å². The summed E-state index contributed by atoms with van der Waals surface area (Å²) in [5, 5.41) is 3.38. The molecule has 1 aromatic carbocycles. The second kappa shape index (κ2) is 8.59. The summed E-state index contributed by atoms with van der Waals surface area (Å²) in [6, 6.07) is 5.80. The van der Waals surface area contributed by atoms with Crippen LogP contribution in [0.5, 0.6) is 11.5 Å². The van der Waals surface area contributed by atoms with Gasteiger partial charge in [-0.3, -0.25) is 4.99 Å². The highest BCUT2D eigenvalue weighted by molar-refractivity contribution is 5.94. The van der Waals surface area contributed by atoms with Crippen LogP contribution in [0.25, 0.3) is 0 Å². The number of nitrogens with zero attached hydrogens (tertiary/aromatic N) is 3. The molecule has 0 amide bonds. The van der Waals surface area contributed by atoms with Crippen molar-refractivity contribution in [1.82, 2.24) is 9.80 Å². The largest absolute Gasteiger partial charge is 0.454 e. The lowest BCUT2D eigenvalue weighted by molar-refractivity contribution is 0.174. The second-order valence-electron chi connectivity index (χ2n) is 5.57. The molecule has 1 aliphatic heterocycles. The normalized spacial score (nSPS) is 13.5. The zero-order valence-corrected chi connectivity index (χ0v) is 14.2. The van der Waals surface area contributed by atoms with Gasteiger partial charge >= 0.3 is 0 Å². The summed E-state index contributed by atoms with van der Waals surface area (Å²) in [5.74, 6) is 2.36. The summed E-state index contributed by atoms with van der Waals surface area (Å²) >= 11 is 0. The number of aliphatic imine (C=N–C) groups is 1. The fourth-order valence-corrected chi connectivity index (χ4v) is 2.23. The smallest absolute Gasteiger partial charge is 0.231 e. The van der Waals surface area contributed by atoms with E-state index in [9.17, 15) is 0 Å². The van der Waals surface area contributed by atoms with Crippen molar-refractivity contribution in [2.24, 2.45) is 10.7 Å². The molecule has 0 radical (unpaired) electrons. The molecule has 1 aromatic rings. The zero-order chi connectivity index (χ0) is 16.7. The first-order valence-electron chi connectivity index (χ1n) is 7.95. The number of fused-ring (bicyclic) bond motifs is 1. The average Bonchev–Trinajstić information content (AvgIpc) is 3.00. The van der Waals surface area contributed by atoms with E-state index in [1.807, 2.05) is 18.2 Å². The number of hydrogen-bond acceptors (Lipinski definition) is 5. The molecule has 3 N–H and O–H groups in total. The number of benzene rings is 1. The van der Waals surface area contributed by atoms with Gasteiger partial charge in [0, 0.05) is 37.9 Å². The monoisotopic (exact) mass is 321 g/mol. The zero-order valence-electron chi connectivity index (χ0n) is 14.2. The van der Waals surface area contributed by atoms with Gasteiger partial charge in [0.1, 0.15) is 0 Å². The predicted molar refractivity (Wildman–Crippen MR) is 93.3 cm³/mol. The van der Waals surface area contributed by atoms with Gasteiger partial charge in [-0.15, -0.1) is 0 Å². The van der Waals surface area contributed by atoms with Crippen molar-refractivity contribution < 1.29 is 9.47 Å². The van der Waals surface area contributed by atoms with Gasteiger partial charge in [-0.05, 0) is 33.2 Å². The molecule has 2 rings (SSSR count). The first-order chi connectivity index (χ1) is 11.1. The molecule has 1 heterocycles. The molecule has 0 spiro atoms. The molecule has 0 saturated heterocycles. The number of rotatable bonds is 7. The minimum Gasteiger partial charge on any atom is -0.454 e. The van der Waals surface area contributed by atoms with Crippen LogP contribution in [0, 0.1) is 0 Å². The Morgan fingerprint density at radius 2 is 2.04 bits per heavy atom. The Balaban J connectivity index is 2.11. The molecule has 0 atom stereocenters. The number of anilines is 1. The topological polar surface area (TPSA) is 75.4 Å². The van der Waals surface area contributed by atoms with Crippen molar-refractivity contribution in [3.63, 3.8) is 0 Å². The Morgan fingerprint density at radius 3 is 2.74 bits per heavy atom. The summed E-state index contributed by atoms with van der Waals surface area (Å²) in [5.41, 5.74) is 6.53. The molecule has 0 saturated carbocycles. The summed E-state index contributed by atoms with van der Waals surface area (Å²) in [6.45, 7) is 6.23. The van der Waals surface area contributed by atoms with Gasteiger partial charge < -0.3 is 30.3 Å². The lowest BCUT2D eigenvalue weighted by Crippen LogP contribution is -2.40. The van der Waals surface area contributed by atoms with E-state index in [-0.39, 0.29) is 6.79 Å². The van der Waals surface area contributed by atoms with Crippen LogP contribution < -0.4 is 20.5 Å². The molecule has 128 valence electrons. The lowest BCUT2D eigenvalue weighted by Gasteiger charge is -2.27. The molecule has 0 bridgehead atoms. The van der Waals surface area contributed by atoms with E-state index in [2.05, 4.69) is 41.1 Å². The Bertz CT molecular complexity index is 533. The maximum absolute atomic E-state index is 5.61. The maximum Gasteiger partial charge on any atom is 0.231 e. The first kappa shape index (κ1) is 17.4. The average molecular weight is 321 g/mol. The number of likely N-dealkylation sites (N-methyl/N-ethyl adjacent to an activating group) is 2.